The Labute approximate surface area is 136 Å². The van der Waals surface area contributed by atoms with Gasteiger partial charge in [-0.05, 0) is 30.5 Å². The number of allylic oxidation sites excluding steroid dienone is 2. The molecule has 1 amide bonds. The molecule has 3 rings (SSSR count). The predicted molar refractivity (Wildman–Crippen MR) is 92.2 cm³/mol. The number of amides is 1. The molecule has 2 aromatic rings. The summed E-state index contributed by atoms with van der Waals surface area (Å²) in [7, 11) is 1.77. The Bertz CT molecular complexity index is 791. The van der Waals surface area contributed by atoms with Gasteiger partial charge in [0, 0.05) is 23.9 Å². The number of nitrogens with zero attached hydrogens (tertiary/aromatic N) is 1. The molecule has 0 aromatic heterocycles. The van der Waals surface area contributed by atoms with E-state index in [0.29, 0.717) is 17.5 Å². The molecule has 0 spiro atoms. The molecular weight excluding hydrogens is 286 g/mol. The van der Waals surface area contributed by atoms with E-state index in [0.717, 1.165) is 17.7 Å². The van der Waals surface area contributed by atoms with Gasteiger partial charge in [0.15, 0.2) is 0 Å². The molecule has 23 heavy (non-hydrogen) atoms. The summed E-state index contributed by atoms with van der Waals surface area (Å²) >= 11 is 0. The lowest BCUT2D eigenvalue weighted by atomic mass is 9.97. The highest BCUT2D eigenvalue weighted by molar-refractivity contribution is 6.10. The molecule has 1 heterocycles. The van der Waals surface area contributed by atoms with Crippen molar-refractivity contribution in [2.24, 2.45) is 0 Å². The Morgan fingerprint density at radius 2 is 1.87 bits per heavy atom. The molecule has 0 atom stereocenters. The minimum atomic E-state index is -0.0768. The summed E-state index contributed by atoms with van der Waals surface area (Å²) in [5.74, 6) is 0.0711. The topological polar surface area (TPSA) is 40.5 Å². The standard InChI is InChI=1S/C20H19NO2/c1-3-7-16-18(22)13-11-15-17(21(2)20(23)19(15)16)12-10-14-8-5-4-6-9-14/h3-6,8-9,11-13,22H,1,7,10H2,2H3/b17-12+. The third-order valence-corrected chi connectivity index (χ3v) is 4.17. The van der Waals surface area contributed by atoms with Crippen molar-refractivity contribution in [3.8, 4) is 5.75 Å². The summed E-state index contributed by atoms with van der Waals surface area (Å²) in [5.41, 5.74) is 4.20. The summed E-state index contributed by atoms with van der Waals surface area (Å²) in [6.45, 7) is 3.71. The van der Waals surface area contributed by atoms with Crippen LogP contribution >= 0.6 is 0 Å². The Kier molecular flexibility index (Phi) is 4.02. The predicted octanol–water partition coefficient (Wildman–Crippen LogP) is 3.79. The van der Waals surface area contributed by atoms with Crippen LogP contribution in [-0.4, -0.2) is 23.0 Å². The smallest absolute Gasteiger partial charge is 0.259 e. The van der Waals surface area contributed by atoms with E-state index in [9.17, 15) is 9.90 Å². The number of benzene rings is 2. The largest absolute Gasteiger partial charge is 0.508 e. The lowest BCUT2D eigenvalue weighted by Gasteiger charge is -2.11. The highest BCUT2D eigenvalue weighted by atomic mass is 16.3. The third kappa shape index (κ3) is 2.66. The number of aromatic hydroxyl groups is 1. The van der Waals surface area contributed by atoms with Crippen molar-refractivity contribution in [3.05, 3.63) is 83.4 Å². The molecule has 3 heteroatoms. The average Bonchev–Trinajstić information content (AvgIpc) is 2.81. The van der Waals surface area contributed by atoms with Gasteiger partial charge in [-0.25, -0.2) is 0 Å². The maximum absolute atomic E-state index is 12.6. The van der Waals surface area contributed by atoms with E-state index in [1.54, 1.807) is 24.1 Å². The fraction of sp³-hybridized carbons (Fsp3) is 0.150. The van der Waals surface area contributed by atoms with Crippen molar-refractivity contribution in [2.75, 3.05) is 7.05 Å². The molecule has 0 bridgehead atoms. The number of phenols is 1. The number of hydrogen-bond donors (Lipinski definition) is 1. The molecule has 0 unspecified atom stereocenters. The van der Waals surface area contributed by atoms with E-state index >= 15 is 0 Å². The summed E-state index contributed by atoms with van der Waals surface area (Å²) in [4.78, 5) is 14.3. The minimum absolute atomic E-state index is 0.0768. The number of fused-ring (bicyclic) bond motifs is 1. The molecule has 116 valence electrons. The quantitative estimate of drug-likeness (QED) is 0.873. The van der Waals surface area contributed by atoms with Gasteiger partial charge in [0.2, 0.25) is 0 Å². The monoisotopic (exact) mass is 305 g/mol. The van der Waals surface area contributed by atoms with Crippen LogP contribution in [0.4, 0.5) is 0 Å². The number of carbonyl (C=O) groups is 1. The second kappa shape index (κ2) is 6.13. The van der Waals surface area contributed by atoms with Gasteiger partial charge in [0.1, 0.15) is 5.75 Å². The molecule has 0 saturated heterocycles. The fourth-order valence-electron chi connectivity index (χ4n) is 2.98. The first-order valence-corrected chi connectivity index (χ1v) is 7.61. The average molecular weight is 305 g/mol. The van der Waals surface area contributed by atoms with Crippen molar-refractivity contribution in [1.29, 1.82) is 0 Å². The maximum atomic E-state index is 12.6. The van der Waals surface area contributed by atoms with Gasteiger partial charge in [0.05, 0.1) is 5.56 Å². The first-order valence-electron chi connectivity index (χ1n) is 7.61. The van der Waals surface area contributed by atoms with Crippen LogP contribution in [0.15, 0.2) is 61.2 Å². The van der Waals surface area contributed by atoms with E-state index < -0.39 is 0 Å². The SMILES string of the molecule is C=CCc1c(O)ccc2c1C(=O)N(C)/C2=C/Cc1ccccc1. The van der Waals surface area contributed by atoms with E-state index in [-0.39, 0.29) is 11.7 Å². The number of carbonyl (C=O) groups excluding carboxylic acids is 1. The number of rotatable bonds is 4. The molecule has 0 saturated carbocycles. The first-order chi connectivity index (χ1) is 11.1. The summed E-state index contributed by atoms with van der Waals surface area (Å²) in [6.07, 6.45) is 4.99. The highest BCUT2D eigenvalue weighted by Gasteiger charge is 2.32. The molecule has 2 aromatic carbocycles. The van der Waals surface area contributed by atoms with E-state index in [1.807, 2.05) is 24.3 Å². The minimum Gasteiger partial charge on any atom is -0.508 e. The second-order valence-electron chi connectivity index (χ2n) is 5.62. The molecule has 0 radical (unpaired) electrons. The zero-order valence-corrected chi connectivity index (χ0v) is 13.1. The Morgan fingerprint density at radius 3 is 2.57 bits per heavy atom. The van der Waals surface area contributed by atoms with Gasteiger partial charge in [-0.3, -0.25) is 4.79 Å². The van der Waals surface area contributed by atoms with Crippen molar-refractivity contribution < 1.29 is 9.90 Å². The molecule has 0 aliphatic carbocycles. The normalized spacial score (nSPS) is 15.1. The summed E-state index contributed by atoms with van der Waals surface area (Å²) < 4.78 is 0. The highest BCUT2D eigenvalue weighted by Crippen LogP contribution is 2.37. The van der Waals surface area contributed by atoms with Gasteiger partial charge < -0.3 is 10.0 Å². The van der Waals surface area contributed by atoms with Crippen molar-refractivity contribution >= 4 is 11.6 Å². The second-order valence-corrected chi connectivity index (χ2v) is 5.62. The van der Waals surface area contributed by atoms with Gasteiger partial charge in [-0.2, -0.15) is 0 Å². The van der Waals surface area contributed by atoms with Gasteiger partial charge in [0.25, 0.3) is 5.91 Å². The van der Waals surface area contributed by atoms with Gasteiger partial charge in [-0.1, -0.05) is 42.5 Å². The zero-order chi connectivity index (χ0) is 16.4. The molecule has 1 aliphatic heterocycles. The Balaban J connectivity index is 2.04. The van der Waals surface area contributed by atoms with E-state index in [2.05, 4.69) is 24.8 Å². The Hall–Kier alpha value is -2.81. The Morgan fingerprint density at radius 1 is 1.13 bits per heavy atom. The van der Waals surface area contributed by atoms with Crippen LogP contribution in [0.2, 0.25) is 0 Å². The maximum Gasteiger partial charge on any atom is 0.259 e. The van der Waals surface area contributed by atoms with Crippen LogP contribution in [0.25, 0.3) is 5.70 Å². The summed E-state index contributed by atoms with van der Waals surface area (Å²) in [6, 6.07) is 13.6. The summed E-state index contributed by atoms with van der Waals surface area (Å²) in [5, 5.41) is 10.1. The lowest BCUT2D eigenvalue weighted by molar-refractivity contribution is 0.0873. The van der Waals surface area contributed by atoms with Gasteiger partial charge in [-0.15, -0.1) is 6.58 Å². The van der Waals surface area contributed by atoms with Crippen LogP contribution in [0, 0.1) is 0 Å². The molecule has 0 fully saturated rings. The molecular formula is C20H19NO2. The van der Waals surface area contributed by atoms with Crippen LogP contribution in [0.5, 0.6) is 5.75 Å². The fourth-order valence-corrected chi connectivity index (χ4v) is 2.98. The van der Waals surface area contributed by atoms with Crippen molar-refractivity contribution in [3.63, 3.8) is 0 Å². The third-order valence-electron chi connectivity index (χ3n) is 4.17. The van der Waals surface area contributed by atoms with Crippen molar-refractivity contribution in [2.45, 2.75) is 12.8 Å². The number of hydrogen-bond acceptors (Lipinski definition) is 2. The molecule has 1 aliphatic rings. The lowest BCUT2D eigenvalue weighted by Crippen LogP contribution is -2.18. The van der Waals surface area contributed by atoms with Crippen LogP contribution in [0.1, 0.15) is 27.0 Å². The molecule has 3 nitrogen and oxygen atoms in total. The first kappa shape index (κ1) is 15.1. The van der Waals surface area contributed by atoms with Gasteiger partial charge >= 0.3 is 0 Å². The number of phenolic OH excluding ortho intramolecular Hbond substituents is 1. The van der Waals surface area contributed by atoms with Crippen LogP contribution < -0.4 is 0 Å². The van der Waals surface area contributed by atoms with Crippen molar-refractivity contribution in [1.82, 2.24) is 4.90 Å². The molecule has 1 N–H and O–H groups in total. The van der Waals surface area contributed by atoms with Crippen LogP contribution in [0.3, 0.4) is 0 Å². The van der Waals surface area contributed by atoms with Crippen LogP contribution in [-0.2, 0) is 12.8 Å². The van der Waals surface area contributed by atoms with E-state index in [4.69, 9.17) is 0 Å². The zero-order valence-electron chi connectivity index (χ0n) is 13.1. The van der Waals surface area contributed by atoms with E-state index in [1.165, 1.54) is 5.56 Å².